The molecule has 0 aliphatic heterocycles. The lowest BCUT2D eigenvalue weighted by Crippen LogP contribution is -2.13. The van der Waals surface area contributed by atoms with E-state index in [-0.39, 0.29) is 0 Å². The first-order chi connectivity index (χ1) is 12.7. The number of nitrogens with zero attached hydrogens (tertiary/aromatic N) is 1. The highest BCUT2D eigenvalue weighted by Gasteiger charge is 2.05. The highest BCUT2D eigenvalue weighted by molar-refractivity contribution is 5.93. The van der Waals surface area contributed by atoms with Crippen LogP contribution >= 0.6 is 0 Å². The lowest BCUT2D eigenvalue weighted by Gasteiger charge is -2.13. The number of rotatable bonds is 6. The van der Waals surface area contributed by atoms with Gasteiger partial charge in [0, 0.05) is 18.0 Å². The molecule has 2 heteroatoms. The number of aryl methyl sites for hydroxylation is 6. The van der Waals surface area contributed by atoms with E-state index in [1.54, 1.807) is 0 Å². The molecule has 2 rings (SSSR count). The third-order valence-corrected chi connectivity index (χ3v) is 5.14. The van der Waals surface area contributed by atoms with Crippen LogP contribution in [-0.4, -0.2) is 5.71 Å². The Labute approximate surface area is 165 Å². The van der Waals surface area contributed by atoms with E-state index in [4.69, 9.17) is 4.99 Å². The fraction of sp³-hybridized carbons (Fsp3) is 0.400. The summed E-state index contributed by atoms with van der Waals surface area (Å²) in [7, 11) is 0. The molecule has 0 aromatic heterocycles. The van der Waals surface area contributed by atoms with E-state index in [1.807, 2.05) is 0 Å². The predicted octanol–water partition coefficient (Wildman–Crippen LogP) is 6.19. The van der Waals surface area contributed by atoms with Crippen LogP contribution in [0.15, 0.2) is 41.0 Å². The van der Waals surface area contributed by atoms with Crippen LogP contribution in [0.25, 0.3) is 0 Å². The van der Waals surface area contributed by atoms with Crippen molar-refractivity contribution >= 4 is 5.71 Å². The zero-order chi connectivity index (χ0) is 20.1. The average Bonchev–Trinajstić information content (AvgIpc) is 2.52. The monoisotopic (exact) mass is 362 g/mol. The van der Waals surface area contributed by atoms with Crippen molar-refractivity contribution in [3.63, 3.8) is 0 Å². The van der Waals surface area contributed by atoms with Crippen molar-refractivity contribution < 1.29 is 0 Å². The third kappa shape index (κ3) is 5.82. The first-order valence-electron chi connectivity index (χ1n) is 9.74. The summed E-state index contributed by atoms with van der Waals surface area (Å²) in [6.45, 7) is 18.8. The molecule has 2 aromatic carbocycles. The first kappa shape index (κ1) is 21.0. The molecule has 2 aromatic rings. The molecule has 144 valence electrons. The quantitative estimate of drug-likeness (QED) is 0.609. The Morgan fingerprint density at radius 1 is 0.778 bits per heavy atom. The van der Waals surface area contributed by atoms with Crippen molar-refractivity contribution in [2.45, 2.75) is 68.5 Å². The molecule has 0 aliphatic carbocycles. The van der Waals surface area contributed by atoms with Crippen molar-refractivity contribution in [3.8, 4) is 0 Å². The van der Waals surface area contributed by atoms with Gasteiger partial charge in [-0.05, 0) is 94.8 Å². The van der Waals surface area contributed by atoms with Gasteiger partial charge in [-0.1, -0.05) is 35.4 Å². The van der Waals surface area contributed by atoms with Crippen LogP contribution in [0, 0.1) is 41.5 Å². The minimum absolute atomic E-state index is 0.740. The molecule has 0 heterocycles. The molecule has 2 nitrogen and oxygen atoms in total. The third-order valence-electron chi connectivity index (χ3n) is 5.14. The number of nitrogens with one attached hydrogen (secondary N) is 1. The zero-order valence-electron chi connectivity index (χ0n) is 18.2. The summed E-state index contributed by atoms with van der Waals surface area (Å²) in [5.74, 6) is 0. The summed E-state index contributed by atoms with van der Waals surface area (Å²) < 4.78 is 0. The lowest BCUT2D eigenvalue weighted by molar-refractivity contribution is 0.801. The van der Waals surface area contributed by atoms with E-state index < -0.39 is 0 Å². The van der Waals surface area contributed by atoms with Gasteiger partial charge in [0.25, 0.3) is 0 Å². The van der Waals surface area contributed by atoms with Gasteiger partial charge in [-0.25, -0.2) is 0 Å². The Kier molecular flexibility index (Phi) is 7.01. The second-order valence-electron chi connectivity index (χ2n) is 7.89. The van der Waals surface area contributed by atoms with E-state index in [9.17, 15) is 0 Å². The van der Waals surface area contributed by atoms with Gasteiger partial charge in [0.2, 0.25) is 0 Å². The van der Waals surface area contributed by atoms with Gasteiger partial charge >= 0.3 is 0 Å². The van der Waals surface area contributed by atoms with Gasteiger partial charge in [-0.15, -0.1) is 0 Å². The van der Waals surface area contributed by atoms with Crippen LogP contribution in [0.3, 0.4) is 0 Å². The molecule has 0 radical (unpaired) electrons. The number of benzene rings is 2. The van der Waals surface area contributed by atoms with Gasteiger partial charge in [-0.3, -0.25) is 4.99 Å². The first-order valence-corrected chi connectivity index (χ1v) is 9.74. The zero-order valence-corrected chi connectivity index (χ0v) is 18.2. The minimum Gasteiger partial charge on any atom is -0.384 e. The van der Waals surface area contributed by atoms with Crippen LogP contribution in [0.2, 0.25) is 0 Å². The van der Waals surface area contributed by atoms with Crippen LogP contribution in [-0.2, 0) is 13.1 Å². The molecule has 0 fully saturated rings. The molecule has 0 amide bonds. The molecule has 1 N–H and O–H groups in total. The van der Waals surface area contributed by atoms with E-state index >= 15 is 0 Å². The molecule has 27 heavy (non-hydrogen) atoms. The summed E-state index contributed by atoms with van der Waals surface area (Å²) in [4.78, 5) is 4.79. The van der Waals surface area contributed by atoms with Crippen LogP contribution in [0.4, 0.5) is 0 Å². The second kappa shape index (κ2) is 9.03. The van der Waals surface area contributed by atoms with E-state index in [2.05, 4.69) is 91.0 Å². The second-order valence-corrected chi connectivity index (χ2v) is 7.89. The van der Waals surface area contributed by atoms with Crippen LogP contribution < -0.4 is 5.32 Å². The van der Waals surface area contributed by atoms with Crippen molar-refractivity contribution in [1.82, 2.24) is 5.32 Å². The molecular formula is C25H34N2. The average molecular weight is 363 g/mol. The van der Waals surface area contributed by atoms with Crippen molar-refractivity contribution in [3.05, 3.63) is 80.5 Å². The molecule has 0 unspecified atom stereocenters. The fourth-order valence-corrected chi connectivity index (χ4v) is 3.79. The maximum absolute atomic E-state index is 4.79. The van der Waals surface area contributed by atoms with Gasteiger partial charge in [-0.2, -0.15) is 0 Å². The Morgan fingerprint density at radius 2 is 1.22 bits per heavy atom. The smallest absolute Gasteiger partial charge is 0.0648 e. The molecule has 0 saturated carbocycles. The van der Waals surface area contributed by atoms with E-state index in [1.165, 1.54) is 44.5 Å². The minimum atomic E-state index is 0.740. The highest BCUT2D eigenvalue weighted by Crippen LogP contribution is 2.18. The van der Waals surface area contributed by atoms with Gasteiger partial charge < -0.3 is 5.32 Å². The maximum atomic E-state index is 4.79. The van der Waals surface area contributed by atoms with Gasteiger partial charge in [0.15, 0.2) is 0 Å². The van der Waals surface area contributed by atoms with E-state index in [0.29, 0.717) is 0 Å². The standard InChI is InChI=1S/C25H34N2/c1-16-9-18(3)24(19(4)10-16)14-26-22(7)13-23(8)27-15-25-20(5)11-17(2)12-21(25)6/h9-13,26H,14-15H2,1-8H3/b22-13+,27-23?. The number of hydrogen-bond donors (Lipinski definition) is 1. The highest BCUT2D eigenvalue weighted by atomic mass is 14.9. The molecule has 0 saturated heterocycles. The number of hydrogen-bond acceptors (Lipinski definition) is 2. The molecule has 0 spiro atoms. The summed E-state index contributed by atoms with van der Waals surface area (Å²) >= 11 is 0. The lowest BCUT2D eigenvalue weighted by atomic mass is 10.00. The van der Waals surface area contributed by atoms with Gasteiger partial charge in [0.1, 0.15) is 0 Å². The summed E-state index contributed by atoms with van der Waals surface area (Å²) in [5.41, 5.74) is 12.9. The van der Waals surface area contributed by atoms with Crippen LogP contribution in [0.1, 0.15) is 58.4 Å². The van der Waals surface area contributed by atoms with Crippen molar-refractivity contribution in [2.75, 3.05) is 0 Å². The van der Waals surface area contributed by atoms with E-state index in [0.717, 1.165) is 24.5 Å². The molecule has 0 aliphatic rings. The van der Waals surface area contributed by atoms with Crippen LogP contribution in [0.5, 0.6) is 0 Å². The fourth-order valence-electron chi connectivity index (χ4n) is 3.79. The largest absolute Gasteiger partial charge is 0.384 e. The Balaban J connectivity index is 2.04. The van der Waals surface area contributed by atoms with Crippen molar-refractivity contribution in [2.24, 2.45) is 4.99 Å². The molecular weight excluding hydrogens is 328 g/mol. The Hall–Kier alpha value is -2.35. The summed E-state index contributed by atoms with van der Waals surface area (Å²) in [6, 6.07) is 8.98. The normalized spacial score (nSPS) is 12.4. The topological polar surface area (TPSA) is 24.4 Å². The maximum Gasteiger partial charge on any atom is 0.0648 e. The Bertz CT molecular complexity index is 839. The number of aliphatic imine (C=N–C) groups is 1. The summed E-state index contributed by atoms with van der Waals surface area (Å²) in [5, 5.41) is 3.54. The van der Waals surface area contributed by atoms with Crippen molar-refractivity contribution in [1.29, 1.82) is 0 Å². The van der Waals surface area contributed by atoms with Gasteiger partial charge in [0.05, 0.1) is 6.54 Å². The Morgan fingerprint density at radius 3 is 1.70 bits per heavy atom. The SMILES string of the molecule is CC(/C=C(\C)NCc1c(C)cc(C)cc1C)=NCc1c(C)cc(C)cc1C. The summed E-state index contributed by atoms with van der Waals surface area (Å²) in [6.07, 6.45) is 2.14. The predicted molar refractivity (Wildman–Crippen MR) is 119 cm³/mol. The molecule has 0 bridgehead atoms. The number of allylic oxidation sites excluding steroid dienone is 2. The molecule has 0 atom stereocenters.